The van der Waals surface area contributed by atoms with E-state index in [4.69, 9.17) is 23.2 Å². The number of halogens is 3. The highest BCUT2D eigenvalue weighted by Crippen LogP contribution is 2.37. The van der Waals surface area contributed by atoms with Crippen molar-refractivity contribution in [2.75, 3.05) is 0 Å². The molecule has 1 aromatic heterocycles. The summed E-state index contributed by atoms with van der Waals surface area (Å²) in [4.78, 5) is 8.02. The zero-order valence-corrected chi connectivity index (χ0v) is 10.8. The van der Waals surface area contributed by atoms with Gasteiger partial charge in [-0.3, -0.25) is 0 Å². The van der Waals surface area contributed by atoms with Crippen LogP contribution in [-0.2, 0) is 6.42 Å². The molecule has 0 saturated carbocycles. The Morgan fingerprint density at radius 2 is 1.78 bits per heavy atom. The van der Waals surface area contributed by atoms with Gasteiger partial charge in [0, 0.05) is 5.92 Å². The molecule has 2 nitrogen and oxygen atoms in total. The van der Waals surface area contributed by atoms with Crippen LogP contribution in [0.25, 0.3) is 0 Å². The van der Waals surface area contributed by atoms with E-state index in [0.717, 1.165) is 12.8 Å². The van der Waals surface area contributed by atoms with Gasteiger partial charge in [0.2, 0.25) is 0 Å². The number of benzene rings is 1. The van der Waals surface area contributed by atoms with Crippen molar-refractivity contribution in [2.24, 2.45) is 0 Å². The SMILES string of the molecule is Fc1c(Cl)nc(C2CCc3ccccc32)nc1Cl. The molecule has 0 N–H and O–H groups in total. The summed E-state index contributed by atoms with van der Waals surface area (Å²) >= 11 is 11.4. The number of hydrogen-bond acceptors (Lipinski definition) is 2. The van der Waals surface area contributed by atoms with Crippen LogP contribution in [0.3, 0.4) is 0 Å². The van der Waals surface area contributed by atoms with Crippen LogP contribution >= 0.6 is 23.2 Å². The zero-order chi connectivity index (χ0) is 12.7. The third-order valence-corrected chi connectivity index (χ3v) is 3.73. The molecule has 0 aliphatic heterocycles. The van der Waals surface area contributed by atoms with Gasteiger partial charge in [0.15, 0.2) is 16.1 Å². The van der Waals surface area contributed by atoms with Crippen molar-refractivity contribution in [3.05, 3.63) is 57.3 Å². The Kier molecular flexibility index (Phi) is 2.96. The van der Waals surface area contributed by atoms with Crippen LogP contribution in [-0.4, -0.2) is 9.97 Å². The van der Waals surface area contributed by atoms with Gasteiger partial charge in [0.25, 0.3) is 0 Å². The van der Waals surface area contributed by atoms with E-state index in [1.165, 1.54) is 11.1 Å². The normalized spacial score (nSPS) is 17.8. The molecule has 5 heteroatoms. The lowest BCUT2D eigenvalue weighted by molar-refractivity contribution is 0.603. The summed E-state index contributed by atoms with van der Waals surface area (Å²) in [6.07, 6.45) is 1.87. The number of hydrogen-bond donors (Lipinski definition) is 0. The standard InChI is InChI=1S/C13H9Cl2FN2/c14-11-10(16)12(15)18-13(17-11)9-6-5-7-3-1-2-4-8(7)9/h1-4,9H,5-6H2. The van der Waals surface area contributed by atoms with Gasteiger partial charge in [-0.15, -0.1) is 0 Å². The molecule has 18 heavy (non-hydrogen) atoms. The second-order valence-electron chi connectivity index (χ2n) is 4.27. The molecule has 0 amide bonds. The van der Waals surface area contributed by atoms with Crippen molar-refractivity contribution in [1.82, 2.24) is 9.97 Å². The first-order valence-electron chi connectivity index (χ1n) is 5.63. The number of fused-ring (bicyclic) bond motifs is 1. The first-order chi connectivity index (χ1) is 8.66. The fraction of sp³-hybridized carbons (Fsp3) is 0.231. The maximum absolute atomic E-state index is 13.3. The van der Waals surface area contributed by atoms with Gasteiger partial charge in [-0.05, 0) is 24.0 Å². The second kappa shape index (κ2) is 4.48. The van der Waals surface area contributed by atoms with Crippen LogP contribution in [0.15, 0.2) is 24.3 Å². The summed E-state index contributed by atoms with van der Waals surface area (Å²) in [6, 6.07) is 8.11. The molecule has 0 bridgehead atoms. The van der Waals surface area contributed by atoms with Gasteiger partial charge in [-0.2, -0.15) is 0 Å². The zero-order valence-electron chi connectivity index (χ0n) is 9.33. The minimum absolute atomic E-state index is 0.0526. The Morgan fingerprint density at radius 1 is 1.11 bits per heavy atom. The molecule has 0 fully saturated rings. The van der Waals surface area contributed by atoms with E-state index < -0.39 is 5.82 Å². The molecule has 0 saturated heterocycles. The average Bonchev–Trinajstić information content (AvgIpc) is 2.79. The van der Waals surface area contributed by atoms with E-state index in [1.54, 1.807) is 0 Å². The smallest absolute Gasteiger partial charge is 0.197 e. The lowest BCUT2D eigenvalue weighted by Crippen LogP contribution is -2.05. The predicted molar refractivity (Wildman–Crippen MR) is 68.6 cm³/mol. The Bertz CT molecular complexity index is 593. The van der Waals surface area contributed by atoms with Gasteiger partial charge in [0.05, 0.1) is 0 Å². The molecule has 1 aliphatic carbocycles. The van der Waals surface area contributed by atoms with E-state index >= 15 is 0 Å². The highest BCUT2D eigenvalue weighted by atomic mass is 35.5. The summed E-state index contributed by atoms with van der Waals surface area (Å²) in [5.41, 5.74) is 2.46. The molecular formula is C13H9Cl2FN2. The molecule has 1 atom stereocenters. The highest BCUT2D eigenvalue weighted by Gasteiger charge is 2.27. The molecule has 1 aromatic carbocycles. The Hall–Kier alpha value is -1.19. The van der Waals surface area contributed by atoms with Crippen molar-refractivity contribution >= 4 is 23.2 Å². The van der Waals surface area contributed by atoms with E-state index in [0.29, 0.717) is 5.82 Å². The van der Waals surface area contributed by atoms with Gasteiger partial charge < -0.3 is 0 Å². The van der Waals surface area contributed by atoms with Gasteiger partial charge in [0.1, 0.15) is 5.82 Å². The van der Waals surface area contributed by atoms with Crippen LogP contribution in [0.4, 0.5) is 4.39 Å². The van der Waals surface area contributed by atoms with Crippen LogP contribution in [0.5, 0.6) is 0 Å². The topological polar surface area (TPSA) is 25.8 Å². The molecule has 2 aromatic rings. The summed E-state index contributed by atoms with van der Waals surface area (Å²) in [5.74, 6) is -0.207. The Morgan fingerprint density at radius 3 is 2.50 bits per heavy atom. The number of aromatic nitrogens is 2. The summed E-state index contributed by atoms with van der Waals surface area (Å²) in [7, 11) is 0. The van der Waals surface area contributed by atoms with Crippen molar-refractivity contribution in [3.8, 4) is 0 Å². The maximum atomic E-state index is 13.3. The summed E-state index contributed by atoms with van der Waals surface area (Å²) < 4.78 is 13.3. The molecule has 1 aliphatic rings. The fourth-order valence-corrected chi connectivity index (χ4v) is 2.79. The van der Waals surface area contributed by atoms with Crippen molar-refractivity contribution in [1.29, 1.82) is 0 Å². The second-order valence-corrected chi connectivity index (χ2v) is 4.98. The van der Waals surface area contributed by atoms with Crippen molar-refractivity contribution in [3.63, 3.8) is 0 Å². The molecule has 1 heterocycles. The van der Waals surface area contributed by atoms with Gasteiger partial charge >= 0.3 is 0 Å². The summed E-state index contributed by atoms with van der Waals surface area (Å²) in [6.45, 7) is 0. The average molecular weight is 283 g/mol. The van der Waals surface area contributed by atoms with Crippen molar-refractivity contribution < 1.29 is 4.39 Å². The molecule has 0 spiro atoms. The first-order valence-corrected chi connectivity index (χ1v) is 6.38. The fourth-order valence-electron chi connectivity index (χ4n) is 2.39. The Balaban J connectivity index is 2.08. The van der Waals surface area contributed by atoms with Crippen LogP contribution in [0.2, 0.25) is 10.3 Å². The first kappa shape index (κ1) is 11.9. The minimum Gasteiger partial charge on any atom is -0.217 e. The molecule has 3 rings (SSSR count). The molecule has 92 valence electrons. The van der Waals surface area contributed by atoms with Gasteiger partial charge in [-0.25, -0.2) is 14.4 Å². The van der Waals surface area contributed by atoms with Crippen LogP contribution in [0.1, 0.15) is 29.3 Å². The van der Waals surface area contributed by atoms with Gasteiger partial charge in [-0.1, -0.05) is 47.5 Å². The van der Waals surface area contributed by atoms with Crippen LogP contribution in [0, 0.1) is 5.82 Å². The maximum Gasteiger partial charge on any atom is 0.197 e. The summed E-state index contributed by atoms with van der Waals surface area (Å²) in [5, 5.41) is -0.427. The number of nitrogens with zero attached hydrogens (tertiary/aromatic N) is 2. The van der Waals surface area contributed by atoms with Crippen molar-refractivity contribution in [2.45, 2.75) is 18.8 Å². The molecule has 0 radical (unpaired) electrons. The van der Waals surface area contributed by atoms with E-state index in [2.05, 4.69) is 16.0 Å². The Labute approximate surface area is 114 Å². The monoisotopic (exact) mass is 282 g/mol. The minimum atomic E-state index is -0.756. The number of aryl methyl sites for hydroxylation is 1. The highest BCUT2D eigenvalue weighted by molar-refractivity contribution is 6.33. The molecular weight excluding hydrogens is 274 g/mol. The third kappa shape index (κ3) is 1.88. The van der Waals surface area contributed by atoms with E-state index in [9.17, 15) is 4.39 Å². The van der Waals surface area contributed by atoms with Crippen LogP contribution < -0.4 is 0 Å². The third-order valence-electron chi connectivity index (χ3n) is 3.23. The van der Waals surface area contributed by atoms with E-state index in [1.807, 2.05) is 18.2 Å². The lowest BCUT2D eigenvalue weighted by Gasteiger charge is -2.11. The largest absolute Gasteiger partial charge is 0.217 e. The predicted octanol–water partition coefficient (Wildman–Crippen LogP) is 4.00. The lowest BCUT2D eigenvalue weighted by atomic mass is 10.0. The number of rotatable bonds is 1. The van der Waals surface area contributed by atoms with E-state index in [-0.39, 0.29) is 16.2 Å². The molecule has 1 unspecified atom stereocenters. The quantitative estimate of drug-likeness (QED) is 0.739.